The van der Waals surface area contributed by atoms with Crippen molar-refractivity contribution in [3.05, 3.63) is 38.1 Å². The number of halogens is 2. The molecular formula is C15H14FIN4OS. The molecule has 3 heterocycles. The van der Waals surface area contributed by atoms with Gasteiger partial charge in [-0.05, 0) is 52.6 Å². The number of aromatic nitrogens is 1. The van der Waals surface area contributed by atoms with Crippen molar-refractivity contribution in [3.63, 3.8) is 0 Å². The van der Waals surface area contributed by atoms with Crippen LogP contribution in [0.2, 0.25) is 0 Å². The molecule has 120 valence electrons. The van der Waals surface area contributed by atoms with E-state index in [-0.39, 0.29) is 18.3 Å². The van der Waals surface area contributed by atoms with E-state index in [9.17, 15) is 9.18 Å². The molecule has 23 heavy (non-hydrogen) atoms. The summed E-state index contributed by atoms with van der Waals surface area (Å²) in [7, 11) is 1.62. The molecule has 2 N–H and O–H groups in total. The summed E-state index contributed by atoms with van der Waals surface area (Å²) < 4.78 is 13.8. The first-order valence-electron chi connectivity index (χ1n) is 6.82. The first kappa shape index (κ1) is 16.3. The van der Waals surface area contributed by atoms with Crippen molar-refractivity contribution in [1.29, 1.82) is 0 Å². The summed E-state index contributed by atoms with van der Waals surface area (Å²) in [6, 6.07) is 3.71. The summed E-state index contributed by atoms with van der Waals surface area (Å²) in [5.74, 6) is -0.320. The van der Waals surface area contributed by atoms with Gasteiger partial charge in [0, 0.05) is 23.7 Å². The molecule has 1 aliphatic rings. The van der Waals surface area contributed by atoms with E-state index >= 15 is 0 Å². The monoisotopic (exact) mass is 444 g/mol. The molecule has 0 unspecified atom stereocenters. The van der Waals surface area contributed by atoms with Gasteiger partial charge in [0.1, 0.15) is 5.54 Å². The average Bonchev–Trinajstić information content (AvgIpc) is 2.98. The maximum atomic E-state index is 13.3. The number of aliphatic imine (C=N–C) groups is 1. The number of hydrogen-bond donors (Lipinski definition) is 1. The van der Waals surface area contributed by atoms with Crippen LogP contribution in [0.15, 0.2) is 28.7 Å². The lowest BCUT2D eigenvalue weighted by atomic mass is 9.93. The van der Waals surface area contributed by atoms with Crippen LogP contribution in [0.5, 0.6) is 0 Å². The van der Waals surface area contributed by atoms with Gasteiger partial charge in [-0.2, -0.15) is 4.39 Å². The Bertz CT molecular complexity index is 822. The maximum Gasteiger partial charge on any atom is 0.231 e. The summed E-state index contributed by atoms with van der Waals surface area (Å²) in [5.41, 5.74) is 6.93. The SMILES string of the molecule is CN1C(=O)C[C@@](C)(c2cc(-c3cnc(F)c(I)c3)cs2)N=C1N. The quantitative estimate of drug-likeness (QED) is 0.572. The van der Waals surface area contributed by atoms with E-state index in [1.807, 2.05) is 41.0 Å². The number of carbonyl (C=O) groups is 1. The van der Waals surface area contributed by atoms with Crippen molar-refractivity contribution >= 4 is 45.8 Å². The van der Waals surface area contributed by atoms with Crippen LogP contribution in [0.4, 0.5) is 4.39 Å². The van der Waals surface area contributed by atoms with Gasteiger partial charge >= 0.3 is 0 Å². The van der Waals surface area contributed by atoms with Crippen molar-refractivity contribution in [3.8, 4) is 11.1 Å². The molecule has 0 saturated heterocycles. The average molecular weight is 444 g/mol. The molecule has 0 aromatic carbocycles. The Hall–Kier alpha value is -1.55. The van der Waals surface area contributed by atoms with Crippen LogP contribution in [0.25, 0.3) is 11.1 Å². The third-order valence-corrected chi connectivity index (χ3v) is 5.77. The lowest BCUT2D eigenvalue weighted by molar-refractivity contribution is -0.128. The van der Waals surface area contributed by atoms with Crippen molar-refractivity contribution in [2.45, 2.75) is 18.9 Å². The Morgan fingerprint density at radius 3 is 2.83 bits per heavy atom. The topological polar surface area (TPSA) is 71.6 Å². The molecule has 1 aliphatic heterocycles. The number of hydrogen-bond acceptors (Lipinski definition) is 5. The van der Waals surface area contributed by atoms with Crippen LogP contribution in [-0.2, 0) is 10.3 Å². The van der Waals surface area contributed by atoms with Crippen LogP contribution in [-0.4, -0.2) is 28.8 Å². The van der Waals surface area contributed by atoms with Crippen LogP contribution in [0.3, 0.4) is 0 Å². The molecule has 0 radical (unpaired) electrons. The Balaban J connectivity index is 1.98. The number of carbonyl (C=O) groups excluding carboxylic acids is 1. The maximum absolute atomic E-state index is 13.3. The minimum atomic E-state index is -0.669. The molecular weight excluding hydrogens is 430 g/mol. The van der Waals surface area contributed by atoms with Crippen molar-refractivity contribution in [2.75, 3.05) is 7.05 Å². The van der Waals surface area contributed by atoms with E-state index in [4.69, 9.17) is 5.73 Å². The minimum Gasteiger partial charge on any atom is -0.369 e. The zero-order chi connectivity index (χ0) is 16.8. The fourth-order valence-electron chi connectivity index (χ4n) is 2.40. The Labute approximate surface area is 150 Å². The molecule has 1 atom stereocenters. The highest BCUT2D eigenvalue weighted by Crippen LogP contribution is 2.39. The second-order valence-electron chi connectivity index (χ2n) is 5.57. The largest absolute Gasteiger partial charge is 0.369 e. The van der Waals surface area contributed by atoms with E-state index in [1.54, 1.807) is 13.1 Å². The van der Waals surface area contributed by atoms with E-state index < -0.39 is 11.5 Å². The van der Waals surface area contributed by atoms with Gasteiger partial charge in [-0.1, -0.05) is 0 Å². The minimum absolute atomic E-state index is 0.0621. The smallest absolute Gasteiger partial charge is 0.231 e. The number of amides is 1. The molecule has 1 amide bonds. The van der Waals surface area contributed by atoms with Gasteiger partial charge in [0.05, 0.1) is 9.99 Å². The number of nitrogens with zero attached hydrogens (tertiary/aromatic N) is 3. The number of nitrogens with two attached hydrogens (primary N) is 1. The summed E-state index contributed by atoms with van der Waals surface area (Å²) in [6.07, 6.45) is 1.77. The third-order valence-electron chi connectivity index (χ3n) is 3.83. The lowest BCUT2D eigenvalue weighted by Gasteiger charge is -2.32. The molecule has 0 saturated carbocycles. The molecule has 0 aliphatic carbocycles. The summed E-state index contributed by atoms with van der Waals surface area (Å²) in [5, 5.41) is 1.96. The van der Waals surface area contributed by atoms with Gasteiger partial charge in [-0.25, -0.2) is 9.98 Å². The molecule has 2 aromatic heterocycles. The highest BCUT2D eigenvalue weighted by molar-refractivity contribution is 14.1. The zero-order valence-corrected chi connectivity index (χ0v) is 15.5. The van der Waals surface area contributed by atoms with E-state index in [0.717, 1.165) is 16.0 Å². The predicted molar refractivity (Wildman–Crippen MR) is 96.6 cm³/mol. The zero-order valence-electron chi connectivity index (χ0n) is 12.5. The van der Waals surface area contributed by atoms with Crippen molar-refractivity contribution in [1.82, 2.24) is 9.88 Å². The van der Waals surface area contributed by atoms with Crippen LogP contribution >= 0.6 is 33.9 Å². The highest BCUT2D eigenvalue weighted by atomic mass is 127. The summed E-state index contributed by atoms with van der Waals surface area (Å²) in [6.45, 7) is 1.90. The van der Waals surface area contributed by atoms with Crippen LogP contribution < -0.4 is 5.73 Å². The number of guanidine groups is 1. The van der Waals surface area contributed by atoms with Gasteiger partial charge < -0.3 is 5.73 Å². The van der Waals surface area contributed by atoms with Crippen LogP contribution in [0, 0.1) is 9.52 Å². The van der Waals surface area contributed by atoms with Gasteiger partial charge in [0.2, 0.25) is 11.9 Å². The van der Waals surface area contributed by atoms with E-state index in [2.05, 4.69) is 9.98 Å². The van der Waals surface area contributed by atoms with Gasteiger partial charge in [-0.15, -0.1) is 11.3 Å². The lowest BCUT2D eigenvalue weighted by Crippen LogP contribution is -2.47. The first-order chi connectivity index (χ1) is 10.8. The molecule has 0 bridgehead atoms. The molecule has 2 aromatic rings. The fraction of sp³-hybridized carbons (Fsp3) is 0.267. The molecule has 0 spiro atoms. The number of pyridine rings is 1. The van der Waals surface area contributed by atoms with Crippen molar-refractivity contribution < 1.29 is 9.18 Å². The van der Waals surface area contributed by atoms with Crippen LogP contribution in [0.1, 0.15) is 18.2 Å². The first-order valence-corrected chi connectivity index (χ1v) is 8.78. The molecule has 5 nitrogen and oxygen atoms in total. The summed E-state index contributed by atoms with van der Waals surface area (Å²) in [4.78, 5) is 22.6. The Kier molecular flexibility index (Phi) is 4.13. The molecule has 8 heteroatoms. The van der Waals surface area contributed by atoms with Gasteiger partial charge in [0.15, 0.2) is 5.96 Å². The number of thiophene rings is 1. The predicted octanol–water partition coefficient (Wildman–Crippen LogP) is 2.95. The number of rotatable bonds is 2. The molecule has 3 rings (SSSR count). The third kappa shape index (κ3) is 2.97. The Morgan fingerprint density at radius 2 is 2.17 bits per heavy atom. The second-order valence-corrected chi connectivity index (χ2v) is 7.64. The second kappa shape index (κ2) is 5.82. The highest BCUT2D eigenvalue weighted by Gasteiger charge is 2.37. The normalized spacial score (nSPS) is 21.5. The van der Waals surface area contributed by atoms with Gasteiger partial charge in [0.25, 0.3) is 0 Å². The fourth-order valence-corrected chi connectivity index (χ4v) is 3.90. The Morgan fingerprint density at radius 1 is 1.43 bits per heavy atom. The molecule has 0 fully saturated rings. The van der Waals surface area contributed by atoms with E-state index in [1.165, 1.54) is 22.4 Å². The summed E-state index contributed by atoms with van der Waals surface area (Å²) >= 11 is 3.42. The van der Waals surface area contributed by atoms with E-state index in [0.29, 0.717) is 3.57 Å². The van der Waals surface area contributed by atoms with Crippen molar-refractivity contribution in [2.24, 2.45) is 10.7 Å². The van der Waals surface area contributed by atoms with Gasteiger partial charge in [-0.3, -0.25) is 9.69 Å². The standard InChI is InChI=1S/C15H14FIN4OS/c1-15(5-12(22)21(2)14(18)20-15)11-4-9(7-23-11)8-3-10(17)13(16)19-6-8/h3-4,6-7H,5H2,1-2H3,(H2,18,20)/t15-/m0/s1.